The predicted octanol–water partition coefficient (Wildman–Crippen LogP) is 5.25. The van der Waals surface area contributed by atoms with Gasteiger partial charge >= 0.3 is 0 Å². The van der Waals surface area contributed by atoms with Gasteiger partial charge in [0.05, 0.1) is 17.6 Å². The third kappa shape index (κ3) is 3.94. The van der Waals surface area contributed by atoms with Crippen LogP contribution in [-0.2, 0) is 12.0 Å². The summed E-state index contributed by atoms with van der Waals surface area (Å²) in [7, 11) is 1.79. The van der Waals surface area contributed by atoms with E-state index in [1.165, 1.54) is 17.5 Å². The van der Waals surface area contributed by atoms with Crippen LogP contribution in [-0.4, -0.2) is 38.0 Å². The highest BCUT2D eigenvalue weighted by molar-refractivity contribution is 6.06. The summed E-state index contributed by atoms with van der Waals surface area (Å²) in [6.07, 6.45) is 8.87. The lowest BCUT2D eigenvalue weighted by Gasteiger charge is -2.43. The van der Waals surface area contributed by atoms with Gasteiger partial charge in [0.2, 0.25) is 5.95 Å². The largest absolute Gasteiger partial charge is 0.368 e. The summed E-state index contributed by atoms with van der Waals surface area (Å²) in [4.78, 5) is 26.7. The Morgan fingerprint density at radius 2 is 1.86 bits per heavy atom. The van der Waals surface area contributed by atoms with Gasteiger partial charge in [-0.25, -0.2) is 9.97 Å². The Labute approximate surface area is 214 Å². The first-order valence-electron chi connectivity index (χ1n) is 12.4. The molecule has 8 heteroatoms. The molecule has 3 aromatic heterocycles. The number of rotatable bonds is 6. The fourth-order valence-electron chi connectivity index (χ4n) is 5.45. The van der Waals surface area contributed by atoms with E-state index in [2.05, 4.69) is 56.6 Å². The van der Waals surface area contributed by atoms with Crippen molar-refractivity contribution < 1.29 is 9.32 Å². The van der Waals surface area contributed by atoms with Gasteiger partial charge in [-0.2, -0.15) is 0 Å². The van der Waals surface area contributed by atoms with Crippen LogP contribution in [0.2, 0.25) is 0 Å². The van der Waals surface area contributed by atoms with E-state index in [-0.39, 0.29) is 17.3 Å². The Hall–Kier alpha value is -4.46. The molecule has 0 spiro atoms. The average molecular weight is 493 g/mol. The monoisotopic (exact) mass is 492 g/mol. The van der Waals surface area contributed by atoms with Crippen LogP contribution in [0.3, 0.4) is 0 Å². The minimum Gasteiger partial charge on any atom is -0.368 e. The molecule has 1 aliphatic carbocycles. The SMILES string of the molecule is Cc1cc(CN(C)C(=O)c2cccc3c(C4(c5ccc(-c6cnc(N)nc6)cc5)CCC4)c[nH]c23)no1. The summed E-state index contributed by atoms with van der Waals surface area (Å²) >= 11 is 0. The van der Waals surface area contributed by atoms with Crippen LogP contribution < -0.4 is 5.73 Å². The number of amides is 1. The number of nitrogens with two attached hydrogens (primary N) is 1. The molecule has 0 atom stereocenters. The molecule has 1 fully saturated rings. The summed E-state index contributed by atoms with van der Waals surface area (Å²) in [5, 5.41) is 5.11. The van der Waals surface area contributed by atoms with Gasteiger partial charge < -0.3 is 20.1 Å². The van der Waals surface area contributed by atoms with Crippen molar-refractivity contribution in [1.29, 1.82) is 0 Å². The average Bonchev–Trinajstić information content (AvgIpc) is 3.50. The van der Waals surface area contributed by atoms with Gasteiger partial charge in [-0.1, -0.05) is 48.0 Å². The van der Waals surface area contributed by atoms with E-state index < -0.39 is 0 Å². The van der Waals surface area contributed by atoms with Crippen molar-refractivity contribution in [3.63, 3.8) is 0 Å². The lowest BCUT2D eigenvalue weighted by molar-refractivity contribution is 0.0784. The van der Waals surface area contributed by atoms with Crippen molar-refractivity contribution in [2.45, 2.75) is 38.1 Å². The summed E-state index contributed by atoms with van der Waals surface area (Å²) in [5.74, 6) is 0.940. The molecule has 3 heterocycles. The molecule has 2 aromatic carbocycles. The van der Waals surface area contributed by atoms with Crippen molar-refractivity contribution in [2.75, 3.05) is 12.8 Å². The van der Waals surface area contributed by atoms with Crippen LogP contribution >= 0.6 is 0 Å². The number of hydrogen-bond donors (Lipinski definition) is 2. The molecule has 37 heavy (non-hydrogen) atoms. The van der Waals surface area contributed by atoms with Crippen LogP contribution in [0.1, 0.15) is 52.2 Å². The van der Waals surface area contributed by atoms with Gasteiger partial charge in [-0.05, 0) is 42.5 Å². The van der Waals surface area contributed by atoms with E-state index in [4.69, 9.17) is 10.3 Å². The first-order valence-corrected chi connectivity index (χ1v) is 12.4. The van der Waals surface area contributed by atoms with Gasteiger partial charge in [0.1, 0.15) is 11.5 Å². The van der Waals surface area contributed by atoms with Crippen LogP contribution in [0.25, 0.3) is 22.0 Å². The van der Waals surface area contributed by atoms with Crippen molar-refractivity contribution in [3.8, 4) is 11.1 Å². The fourth-order valence-corrected chi connectivity index (χ4v) is 5.45. The normalized spacial score (nSPS) is 14.4. The number of nitrogens with zero attached hydrogens (tertiary/aromatic N) is 4. The number of aromatic nitrogens is 4. The molecule has 186 valence electrons. The van der Waals surface area contributed by atoms with Crippen molar-refractivity contribution in [2.24, 2.45) is 0 Å². The van der Waals surface area contributed by atoms with Gasteiger partial charge in [0.25, 0.3) is 5.91 Å². The maximum Gasteiger partial charge on any atom is 0.256 e. The topological polar surface area (TPSA) is 114 Å². The zero-order chi connectivity index (χ0) is 25.6. The lowest BCUT2D eigenvalue weighted by Crippen LogP contribution is -2.35. The lowest BCUT2D eigenvalue weighted by atomic mass is 9.60. The number of aromatic amines is 1. The van der Waals surface area contributed by atoms with E-state index in [0.29, 0.717) is 12.1 Å². The maximum atomic E-state index is 13.4. The molecule has 0 radical (unpaired) electrons. The first kappa shape index (κ1) is 23.0. The number of para-hydroxylation sites is 1. The van der Waals surface area contributed by atoms with Crippen LogP contribution in [0.4, 0.5) is 5.95 Å². The minimum atomic E-state index is -0.0831. The van der Waals surface area contributed by atoms with E-state index in [9.17, 15) is 4.79 Å². The Morgan fingerprint density at radius 3 is 2.51 bits per heavy atom. The van der Waals surface area contributed by atoms with Crippen molar-refractivity contribution in [1.82, 2.24) is 25.0 Å². The number of nitrogens with one attached hydrogen (secondary N) is 1. The van der Waals surface area contributed by atoms with E-state index in [0.717, 1.165) is 46.3 Å². The highest BCUT2D eigenvalue weighted by atomic mass is 16.5. The minimum absolute atomic E-state index is 0.0580. The second-order valence-corrected chi connectivity index (χ2v) is 9.86. The number of H-pyrrole nitrogens is 1. The van der Waals surface area contributed by atoms with Gasteiger partial charge in [-0.15, -0.1) is 0 Å². The zero-order valence-corrected chi connectivity index (χ0v) is 20.9. The summed E-state index contributed by atoms with van der Waals surface area (Å²) in [6, 6.07) is 16.5. The molecule has 1 aliphatic rings. The van der Waals surface area contributed by atoms with Crippen molar-refractivity contribution in [3.05, 3.63) is 95.3 Å². The van der Waals surface area contributed by atoms with Gasteiger partial charge in [-0.3, -0.25) is 4.79 Å². The number of anilines is 1. The second-order valence-electron chi connectivity index (χ2n) is 9.86. The third-order valence-electron chi connectivity index (χ3n) is 7.53. The molecule has 1 amide bonds. The van der Waals surface area contributed by atoms with E-state index in [1.54, 1.807) is 24.3 Å². The number of hydrogen-bond acceptors (Lipinski definition) is 6. The molecule has 0 unspecified atom stereocenters. The molecule has 8 nitrogen and oxygen atoms in total. The Morgan fingerprint density at radius 1 is 1.11 bits per heavy atom. The summed E-state index contributed by atoms with van der Waals surface area (Å²) < 4.78 is 5.15. The first-order chi connectivity index (χ1) is 17.9. The molecular weight excluding hydrogens is 464 g/mol. The van der Waals surface area contributed by atoms with Gasteiger partial charge in [0.15, 0.2) is 0 Å². The number of carbonyl (C=O) groups excluding carboxylic acids is 1. The smallest absolute Gasteiger partial charge is 0.256 e. The highest BCUT2D eigenvalue weighted by Gasteiger charge is 2.42. The Balaban J connectivity index is 1.32. The number of fused-ring (bicyclic) bond motifs is 1. The molecule has 0 bridgehead atoms. The zero-order valence-electron chi connectivity index (χ0n) is 20.9. The molecule has 6 rings (SSSR count). The number of nitrogen functional groups attached to an aromatic ring is 1. The number of benzene rings is 2. The standard InChI is InChI=1S/C29H28N6O2/c1-18-13-22(34-37-18)17-35(2)27(36)24-6-3-5-23-25(16-31-26(23)24)29(11-4-12-29)21-9-7-19(8-10-21)20-14-32-28(30)33-15-20/h3,5-10,13-16,31H,4,11-12,17H2,1-2H3,(H2,30,32,33). The van der Waals surface area contributed by atoms with Gasteiger partial charge in [0, 0.05) is 48.1 Å². The fraction of sp³-hybridized carbons (Fsp3) is 0.241. The second kappa shape index (κ2) is 8.89. The summed E-state index contributed by atoms with van der Waals surface area (Å²) in [5.41, 5.74) is 12.3. The maximum absolute atomic E-state index is 13.4. The Kier molecular flexibility index (Phi) is 5.52. The van der Waals surface area contributed by atoms with Crippen molar-refractivity contribution >= 4 is 22.8 Å². The molecule has 0 aliphatic heterocycles. The third-order valence-corrected chi connectivity index (χ3v) is 7.53. The molecule has 3 N–H and O–H groups in total. The van der Waals surface area contributed by atoms with Crippen LogP contribution in [0, 0.1) is 6.92 Å². The molecule has 5 aromatic rings. The quantitative estimate of drug-likeness (QED) is 0.335. The predicted molar refractivity (Wildman–Crippen MR) is 142 cm³/mol. The summed E-state index contributed by atoms with van der Waals surface area (Å²) in [6.45, 7) is 2.23. The number of aryl methyl sites for hydroxylation is 1. The Bertz CT molecular complexity index is 1580. The van der Waals surface area contributed by atoms with E-state index in [1.807, 2.05) is 25.1 Å². The molecular formula is C29H28N6O2. The van der Waals surface area contributed by atoms with E-state index >= 15 is 0 Å². The van der Waals surface area contributed by atoms with Crippen LogP contribution in [0.15, 0.2) is 71.6 Å². The number of carbonyl (C=O) groups is 1. The molecule has 1 saturated carbocycles. The molecule has 0 saturated heterocycles. The van der Waals surface area contributed by atoms with Crippen LogP contribution in [0.5, 0.6) is 0 Å². The highest BCUT2D eigenvalue weighted by Crippen LogP contribution is 2.51.